The molecule has 1 saturated heterocycles. The highest BCUT2D eigenvalue weighted by atomic mass is 15.3. The summed E-state index contributed by atoms with van der Waals surface area (Å²) in [5.74, 6) is 1.99. The number of anilines is 1. The zero-order chi connectivity index (χ0) is 15.8. The van der Waals surface area contributed by atoms with Crippen LogP contribution in [0.4, 0.5) is 5.82 Å². The molecule has 2 aromatic rings. The molecule has 3 heterocycles. The molecule has 6 nitrogen and oxygen atoms in total. The third-order valence-electron chi connectivity index (χ3n) is 5.01. The summed E-state index contributed by atoms with van der Waals surface area (Å²) < 4.78 is 2.30. The van der Waals surface area contributed by atoms with E-state index in [9.17, 15) is 0 Å². The van der Waals surface area contributed by atoms with E-state index >= 15 is 0 Å². The van der Waals surface area contributed by atoms with Crippen molar-refractivity contribution in [1.29, 1.82) is 5.26 Å². The predicted molar refractivity (Wildman–Crippen MR) is 85.9 cm³/mol. The quantitative estimate of drug-likeness (QED) is 0.851. The van der Waals surface area contributed by atoms with Crippen LogP contribution in [0.3, 0.4) is 0 Å². The number of hydrogen-bond acceptors (Lipinski definition) is 5. The van der Waals surface area contributed by atoms with Gasteiger partial charge in [-0.2, -0.15) is 5.26 Å². The van der Waals surface area contributed by atoms with E-state index in [4.69, 9.17) is 10.2 Å². The lowest BCUT2D eigenvalue weighted by Crippen LogP contribution is -2.26. The Morgan fingerprint density at radius 1 is 1.17 bits per heavy atom. The van der Waals surface area contributed by atoms with Gasteiger partial charge in [-0.25, -0.2) is 15.0 Å². The Kier molecular flexibility index (Phi) is 3.49. The van der Waals surface area contributed by atoms with Gasteiger partial charge in [0.15, 0.2) is 5.69 Å². The molecule has 0 bridgehead atoms. The molecule has 118 valence electrons. The van der Waals surface area contributed by atoms with E-state index in [1.807, 2.05) is 6.07 Å². The highest BCUT2D eigenvalue weighted by molar-refractivity contribution is 5.42. The van der Waals surface area contributed by atoms with Gasteiger partial charge in [-0.1, -0.05) is 0 Å². The molecule has 1 aliphatic carbocycles. The second-order valence-corrected chi connectivity index (χ2v) is 6.35. The molecule has 1 aliphatic heterocycles. The fourth-order valence-electron chi connectivity index (χ4n) is 3.84. The number of nitriles is 1. The van der Waals surface area contributed by atoms with Crippen molar-refractivity contribution in [3.63, 3.8) is 0 Å². The first-order valence-corrected chi connectivity index (χ1v) is 8.31. The first kappa shape index (κ1) is 14.2. The molecule has 0 spiro atoms. The summed E-state index contributed by atoms with van der Waals surface area (Å²) in [6.45, 7) is 0.961. The Balaban J connectivity index is 1.68. The van der Waals surface area contributed by atoms with Crippen LogP contribution in [0, 0.1) is 11.3 Å². The zero-order valence-corrected chi connectivity index (χ0v) is 13.4. The molecule has 0 saturated carbocycles. The van der Waals surface area contributed by atoms with Gasteiger partial charge in [-0.05, 0) is 38.5 Å². The van der Waals surface area contributed by atoms with Crippen LogP contribution in [0.25, 0.3) is 0 Å². The number of aromatic nitrogens is 4. The Morgan fingerprint density at radius 3 is 2.78 bits per heavy atom. The Morgan fingerprint density at radius 2 is 2.04 bits per heavy atom. The smallest absolute Gasteiger partial charge is 0.158 e. The molecule has 2 aliphatic rings. The van der Waals surface area contributed by atoms with Gasteiger partial charge >= 0.3 is 0 Å². The lowest BCUT2D eigenvalue weighted by molar-refractivity contribution is 0.606. The van der Waals surface area contributed by atoms with Crippen molar-refractivity contribution in [2.24, 2.45) is 7.05 Å². The number of aryl methyl sites for hydroxylation is 1. The van der Waals surface area contributed by atoms with Crippen LogP contribution in [-0.4, -0.2) is 26.1 Å². The normalized spacial score (nSPS) is 20.3. The van der Waals surface area contributed by atoms with Crippen LogP contribution >= 0.6 is 0 Å². The summed E-state index contributed by atoms with van der Waals surface area (Å²) >= 11 is 0. The van der Waals surface area contributed by atoms with Crippen molar-refractivity contribution in [1.82, 2.24) is 19.5 Å². The molecule has 0 N–H and O–H groups in total. The molecule has 0 amide bonds. The predicted octanol–water partition coefficient (Wildman–Crippen LogP) is 2.30. The van der Waals surface area contributed by atoms with E-state index in [1.165, 1.54) is 24.2 Å². The average Bonchev–Trinajstić information content (AvgIpc) is 3.20. The van der Waals surface area contributed by atoms with E-state index in [0.717, 1.165) is 43.9 Å². The summed E-state index contributed by atoms with van der Waals surface area (Å²) in [6, 6.07) is 2.28. The molecule has 2 aromatic heterocycles. The fourth-order valence-corrected chi connectivity index (χ4v) is 3.84. The molecule has 1 fully saturated rings. The van der Waals surface area contributed by atoms with Crippen molar-refractivity contribution >= 4 is 5.82 Å². The van der Waals surface area contributed by atoms with Crippen LogP contribution in [0.5, 0.6) is 0 Å². The molecule has 0 radical (unpaired) electrons. The van der Waals surface area contributed by atoms with E-state index in [0.29, 0.717) is 5.69 Å². The Bertz CT molecular complexity index is 755. The molecular formula is C17H20N6. The van der Waals surface area contributed by atoms with Gasteiger partial charge in [-0.15, -0.1) is 0 Å². The zero-order valence-electron chi connectivity index (χ0n) is 13.4. The first-order valence-electron chi connectivity index (χ1n) is 8.31. The standard InChI is InChI=1S/C17H20N6/c1-22-14-6-3-2-5-13(14)21-17(22)15-7-4-8-23(15)16-11-19-12(9-18)10-20-16/h10-11,15H,2-8H2,1H3/t15-/m1/s1. The highest BCUT2D eigenvalue weighted by Gasteiger charge is 2.32. The molecule has 0 aromatic carbocycles. The van der Waals surface area contributed by atoms with E-state index < -0.39 is 0 Å². The van der Waals surface area contributed by atoms with E-state index in [2.05, 4.69) is 26.5 Å². The van der Waals surface area contributed by atoms with Crippen molar-refractivity contribution in [3.8, 4) is 6.07 Å². The monoisotopic (exact) mass is 308 g/mol. The average molecular weight is 308 g/mol. The third-order valence-corrected chi connectivity index (χ3v) is 5.01. The van der Waals surface area contributed by atoms with Crippen molar-refractivity contribution in [3.05, 3.63) is 35.3 Å². The molecular weight excluding hydrogens is 288 g/mol. The first-order chi connectivity index (χ1) is 11.3. The second-order valence-electron chi connectivity index (χ2n) is 6.35. The number of nitrogens with zero attached hydrogens (tertiary/aromatic N) is 6. The lowest BCUT2D eigenvalue weighted by Gasteiger charge is -2.25. The van der Waals surface area contributed by atoms with Crippen LogP contribution in [0.2, 0.25) is 0 Å². The number of imidazole rings is 1. The number of hydrogen-bond donors (Lipinski definition) is 0. The van der Waals surface area contributed by atoms with Gasteiger partial charge in [0.2, 0.25) is 0 Å². The van der Waals surface area contributed by atoms with Crippen LogP contribution in [0.1, 0.15) is 54.6 Å². The van der Waals surface area contributed by atoms with Crippen LogP contribution in [0.15, 0.2) is 12.4 Å². The maximum Gasteiger partial charge on any atom is 0.158 e. The van der Waals surface area contributed by atoms with Crippen LogP contribution < -0.4 is 4.90 Å². The second kappa shape index (κ2) is 5.65. The molecule has 1 atom stereocenters. The molecule has 23 heavy (non-hydrogen) atoms. The largest absolute Gasteiger partial charge is 0.345 e. The van der Waals surface area contributed by atoms with Crippen LogP contribution in [-0.2, 0) is 19.9 Å². The van der Waals surface area contributed by atoms with Gasteiger partial charge < -0.3 is 9.47 Å². The van der Waals surface area contributed by atoms with Gasteiger partial charge in [-0.3, -0.25) is 0 Å². The van der Waals surface area contributed by atoms with Gasteiger partial charge in [0, 0.05) is 19.3 Å². The summed E-state index contributed by atoms with van der Waals surface area (Å²) in [4.78, 5) is 15.8. The molecule has 6 heteroatoms. The summed E-state index contributed by atoms with van der Waals surface area (Å²) in [7, 11) is 2.15. The maximum atomic E-state index is 8.87. The summed E-state index contributed by atoms with van der Waals surface area (Å²) in [5.41, 5.74) is 3.05. The maximum absolute atomic E-state index is 8.87. The lowest BCUT2D eigenvalue weighted by atomic mass is 10.0. The Labute approximate surface area is 135 Å². The topological polar surface area (TPSA) is 70.6 Å². The number of fused-ring (bicyclic) bond motifs is 1. The minimum absolute atomic E-state index is 0.257. The minimum Gasteiger partial charge on any atom is -0.345 e. The van der Waals surface area contributed by atoms with Gasteiger partial charge in [0.25, 0.3) is 0 Å². The van der Waals surface area contributed by atoms with Gasteiger partial charge in [0.05, 0.1) is 24.1 Å². The Hall–Kier alpha value is -2.42. The van der Waals surface area contributed by atoms with E-state index in [1.54, 1.807) is 12.4 Å². The third kappa shape index (κ3) is 2.37. The SMILES string of the molecule is Cn1c([C@H]2CCCN2c2cnc(C#N)cn2)nc2c1CCCC2. The summed E-state index contributed by atoms with van der Waals surface area (Å²) in [6.07, 6.45) is 10.2. The van der Waals surface area contributed by atoms with E-state index in [-0.39, 0.29) is 6.04 Å². The van der Waals surface area contributed by atoms with Crippen molar-refractivity contribution in [2.75, 3.05) is 11.4 Å². The minimum atomic E-state index is 0.257. The van der Waals surface area contributed by atoms with Gasteiger partial charge in [0.1, 0.15) is 17.7 Å². The fraction of sp³-hybridized carbons (Fsp3) is 0.529. The molecule has 4 rings (SSSR count). The summed E-state index contributed by atoms with van der Waals surface area (Å²) in [5, 5.41) is 8.87. The number of rotatable bonds is 2. The van der Waals surface area contributed by atoms with Crippen molar-refractivity contribution < 1.29 is 0 Å². The molecule has 0 unspecified atom stereocenters. The van der Waals surface area contributed by atoms with Crippen molar-refractivity contribution in [2.45, 2.75) is 44.6 Å². The highest BCUT2D eigenvalue weighted by Crippen LogP contribution is 2.36.